The second-order valence-electron chi connectivity index (χ2n) is 7.31. The Balaban J connectivity index is 1.38. The summed E-state index contributed by atoms with van der Waals surface area (Å²) in [4.78, 5) is 16.2. The Hall–Kier alpha value is -2.64. The van der Waals surface area contributed by atoms with Crippen LogP contribution in [0.25, 0.3) is 21.5 Å². The van der Waals surface area contributed by atoms with Gasteiger partial charge in [-0.05, 0) is 42.7 Å². The molecule has 4 aromatic rings. The normalized spacial score (nSPS) is 13.6. The van der Waals surface area contributed by atoms with E-state index in [1.165, 1.54) is 11.8 Å². The predicted octanol–water partition coefficient (Wildman–Crippen LogP) is 5.64. The SMILES string of the molecule is CCN(C(=O)CSc1nnc(-c2cccs2)n1C1CC1)c1cccc2ccccc12. The largest absolute Gasteiger partial charge is 0.311 e. The van der Waals surface area contributed by atoms with E-state index in [1.807, 2.05) is 42.2 Å². The van der Waals surface area contributed by atoms with Crippen LogP contribution in [-0.4, -0.2) is 33.0 Å². The van der Waals surface area contributed by atoms with Gasteiger partial charge in [0.25, 0.3) is 0 Å². The Morgan fingerprint density at radius 2 is 1.97 bits per heavy atom. The van der Waals surface area contributed by atoms with Crippen molar-refractivity contribution in [1.29, 1.82) is 0 Å². The lowest BCUT2D eigenvalue weighted by Gasteiger charge is -2.22. The topological polar surface area (TPSA) is 51.0 Å². The zero-order valence-corrected chi connectivity index (χ0v) is 18.3. The first-order valence-corrected chi connectivity index (χ1v) is 12.0. The number of nitrogens with zero attached hydrogens (tertiary/aromatic N) is 4. The fraction of sp³-hybridized carbons (Fsp3) is 0.261. The number of fused-ring (bicyclic) bond motifs is 1. The van der Waals surface area contributed by atoms with E-state index in [9.17, 15) is 4.79 Å². The molecular formula is C23H22N4OS2. The molecule has 1 aliphatic carbocycles. The first-order valence-electron chi connectivity index (χ1n) is 10.2. The molecule has 0 N–H and O–H groups in total. The van der Waals surface area contributed by atoms with Gasteiger partial charge in [-0.2, -0.15) is 0 Å². The summed E-state index contributed by atoms with van der Waals surface area (Å²) < 4.78 is 2.22. The summed E-state index contributed by atoms with van der Waals surface area (Å²) in [5, 5.41) is 14.0. The zero-order valence-electron chi connectivity index (χ0n) is 16.7. The molecule has 5 nitrogen and oxygen atoms in total. The third kappa shape index (κ3) is 3.63. The second kappa shape index (κ2) is 8.24. The van der Waals surface area contributed by atoms with Gasteiger partial charge < -0.3 is 4.90 Å². The number of carbonyl (C=O) groups excluding carboxylic acids is 1. The highest BCUT2D eigenvalue weighted by molar-refractivity contribution is 7.99. The van der Waals surface area contributed by atoms with Crippen LogP contribution >= 0.6 is 23.1 Å². The van der Waals surface area contributed by atoms with Gasteiger partial charge >= 0.3 is 0 Å². The number of carbonyl (C=O) groups is 1. The molecule has 152 valence electrons. The third-order valence-electron chi connectivity index (χ3n) is 5.32. The number of amides is 1. The number of aromatic nitrogens is 3. The number of rotatable bonds is 7. The van der Waals surface area contributed by atoms with Gasteiger partial charge in [0, 0.05) is 18.0 Å². The summed E-state index contributed by atoms with van der Waals surface area (Å²) in [6, 6.07) is 18.9. The molecule has 0 radical (unpaired) electrons. The van der Waals surface area contributed by atoms with Crippen LogP contribution in [-0.2, 0) is 4.79 Å². The van der Waals surface area contributed by atoms with E-state index >= 15 is 0 Å². The van der Waals surface area contributed by atoms with Crippen LogP contribution in [0.5, 0.6) is 0 Å². The lowest BCUT2D eigenvalue weighted by atomic mass is 10.1. The van der Waals surface area contributed by atoms with Crippen LogP contribution in [0, 0.1) is 0 Å². The van der Waals surface area contributed by atoms with Gasteiger partial charge in [0.15, 0.2) is 11.0 Å². The van der Waals surface area contributed by atoms with Crippen LogP contribution < -0.4 is 4.90 Å². The summed E-state index contributed by atoms with van der Waals surface area (Å²) in [6.45, 7) is 2.65. The summed E-state index contributed by atoms with van der Waals surface area (Å²) in [5.74, 6) is 1.34. The number of thiophene rings is 1. The molecule has 0 aliphatic heterocycles. The summed E-state index contributed by atoms with van der Waals surface area (Å²) in [6.07, 6.45) is 2.30. The molecule has 2 aromatic carbocycles. The van der Waals surface area contributed by atoms with Crippen molar-refractivity contribution in [2.75, 3.05) is 17.2 Å². The molecular weight excluding hydrogens is 412 g/mol. The standard InChI is InChI=1S/C23H22N4OS2/c1-2-26(19-10-5-8-16-7-3-4-9-18(16)19)21(28)15-30-23-25-24-22(20-11-6-14-29-20)27(23)17-12-13-17/h3-11,14,17H,2,12-13,15H2,1H3. The molecule has 7 heteroatoms. The van der Waals surface area contributed by atoms with Crippen molar-refractivity contribution in [2.24, 2.45) is 0 Å². The molecule has 0 unspecified atom stereocenters. The minimum Gasteiger partial charge on any atom is -0.311 e. The Morgan fingerprint density at radius 1 is 1.13 bits per heavy atom. The highest BCUT2D eigenvalue weighted by Gasteiger charge is 2.31. The van der Waals surface area contributed by atoms with Crippen LogP contribution in [0.2, 0.25) is 0 Å². The van der Waals surface area contributed by atoms with Gasteiger partial charge in [0.05, 0.1) is 16.3 Å². The number of hydrogen-bond donors (Lipinski definition) is 0. The first kappa shape index (κ1) is 19.3. The van der Waals surface area contributed by atoms with E-state index in [1.54, 1.807) is 11.3 Å². The molecule has 1 aliphatic rings. The lowest BCUT2D eigenvalue weighted by Crippen LogP contribution is -2.32. The fourth-order valence-electron chi connectivity index (χ4n) is 3.74. The quantitative estimate of drug-likeness (QED) is 0.353. The third-order valence-corrected chi connectivity index (χ3v) is 7.11. The summed E-state index contributed by atoms with van der Waals surface area (Å²) in [7, 11) is 0. The molecule has 0 spiro atoms. The lowest BCUT2D eigenvalue weighted by molar-refractivity contribution is -0.116. The van der Waals surface area contributed by atoms with Gasteiger partial charge in [0.1, 0.15) is 0 Å². The van der Waals surface area contributed by atoms with Crippen molar-refractivity contribution < 1.29 is 4.79 Å². The number of anilines is 1. The molecule has 0 saturated heterocycles. The highest BCUT2D eigenvalue weighted by Crippen LogP contribution is 2.41. The maximum Gasteiger partial charge on any atom is 0.237 e. The maximum atomic E-state index is 13.2. The Labute approximate surface area is 183 Å². The maximum absolute atomic E-state index is 13.2. The van der Waals surface area contributed by atoms with Crippen molar-refractivity contribution in [3.05, 3.63) is 60.0 Å². The van der Waals surface area contributed by atoms with Crippen molar-refractivity contribution >= 4 is 45.5 Å². The van der Waals surface area contributed by atoms with Gasteiger partial charge in [-0.25, -0.2) is 0 Å². The van der Waals surface area contributed by atoms with E-state index in [2.05, 4.69) is 44.4 Å². The predicted molar refractivity (Wildman–Crippen MR) is 124 cm³/mol. The van der Waals surface area contributed by atoms with E-state index in [0.29, 0.717) is 18.3 Å². The molecule has 1 fully saturated rings. The van der Waals surface area contributed by atoms with Crippen molar-refractivity contribution in [2.45, 2.75) is 31.0 Å². The van der Waals surface area contributed by atoms with E-state index < -0.39 is 0 Å². The first-order chi connectivity index (χ1) is 14.8. The molecule has 2 heterocycles. The number of hydrogen-bond acceptors (Lipinski definition) is 5. The monoisotopic (exact) mass is 434 g/mol. The van der Waals surface area contributed by atoms with Crippen molar-refractivity contribution in [3.63, 3.8) is 0 Å². The second-order valence-corrected chi connectivity index (χ2v) is 9.20. The number of thioether (sulfide) groups is 1. The minimum absolute atomic E-state index is 0.0851. The van der Waals surface area contributed by atoms with E-state index in [-0.39, 0.29) is 5.91 Å². The molecule has 0 atom stereocenters. The molecule has 0 bridgehead atoms. The Morgan fingerprint density at radius 3 is 2.73 bits per heavy atom. The van der Waals surface area contributed by atoms with Crippen molar-refractivity contribution in [1.82, 2.24) is 14.8 Å². The van der Waals surface area contributed by atoms with Crippen LogP contribution in [0.15, 0.2) is 65.1 Å². The minimum atomic E-state index is 0.0851. The van der Waals surface area contributed by atoms with E-state index in [4.69, 9.17) is 0 Å². The average Bonchev–Trinajstić information content (AvgIpc) is 3.29. The van der Waals surface area contributed by atoms with Crippen LogP contribution in [0.4, 0.5) is 5.69 Å². The van der Waals surface area contributed by atoms with Gasteiger partial charge in [-0.3, -0.25) is 9.36 Å². The molecule has 30 heavy (non-hydrogen) atoms. The number of benzene rings is 2. The van der Waals surface area contributed by atoms with Gasteiger partial charge in [-0.1, -0.05) is 54.2 Å². The zero-order chi connectivity index (χ0) is 20.5. The van der Waals surface area contributed by atoms with Gasteiger partial charge in [0.2, 0.25) is 5.91 Å². The smallest absolute Gasteiger partial charge is 0.237 e. The molecule has 2 aromatic heterocycles. The Kier molecular flexibility index (Phi) is 5.31. The van der Waals surface area contributed by atoms with E-state index in [0.717, 1.165) is 45.2 Å². The van der Waals surface area contributed by atoms with Crippen LogP contribution in [0.3, 0.4) is 0 Å². The van der Waals surface area contributed by atoms with Crippen LogP contribution in [0.1, 0.15) is 25.8 Å². The van der Waals surface area contributed by atoms with Crippen molar-refractivity contribution in [3.8, 4) is 10.7 Å². The summed E-state index contributed by atoms with van der Waals surface area (Å²) in [5.41, 5.74) is 0.962. The molecule has 1 saturated carbocycles. The van der Waals surface area contributed by atoms with Gasteiger partial charge in [-0.15, -0.1) is 21.5 Å². The summed E-state index contributed by atoms with van der Waals surface area (Å²) >= 11 is 3.16. The molecule has 5 rings (SSSR count). The fourth-order valence-corrected chi connectivity index (χ4v) is 5.33. The average molecular weight is 435 g/mol. The Bertz CT molecular complexity index is 1180. The highest BCUT2D eigenvalue weighted by atomic mass is 32.2. The molecule has 1 amide bonds.